The Kier molecular flexibility index (Phi) is 3.26. The van der Waals surface area contributed by atoms with E-state index in [1.165, 1.54) is 31.2 Å². The van der Waals surface area contributed by atoms with Gasteiger partial charge >= 0.3 is 5.69 Å². The summed E-state index contributed by atoms with van der Waals surface area (Å²) < 4.78 is 3.24. The third-order valence-corrected chi connectivity index (χ3v) is 4.66. The molecule has 1 fully saturated rings. The molecule has 1 heterocycles. The van der Waals surface area contributed by atoms with Crippen molar-refractivity contribution in [2.75, 3.05) is 6.54 Å². The molecule has 3 rings (SSSR count). The Hall–Kier alpha value is -1.81. The van der Waals surface area contributed by atoms with Crippen molar-refractivity contribution >= 4 is 0 Å². The molecule has 1 aliphatic rings. The highest BCUT2D eigenvalue weighted by Gasteiger charge is 2.33. The maximum Gasteiger partial charge on any atom is 0.332 e. The summed E-state index contributed by atoms with van der Waals surface area (Å²) in [5.74, 6) is 0. The molecular formula is C16H21N3O. The van der Waals surface area contributed by atoms with Gasteiger partial charge in [-0.2, -0.15) is 0 Å². The first-order chi connectivity index (χ1) is 9.66. The highest BCUT2D eigenvalue weighted by Crippen LogP contribution is 2.40. The average molecular weight is 271 g/mol. The van der Waals surface area contributed by atoms with Crippen LogP contribution in [-0.4, -0.2) is 15.7 Å². The van der Waals surface area contributed by atoms with E-state index in [4.69, 9.17) is 5.73 Å². The largest absolute Gasteiger partial charge is 0.332 e. The molecule has 106 valence electrons. The van der Waals surface area contributed by atoms with Gasteiger partial charge in [-0.1, -0.05) is 25.0 Å². The zero-order valence-corrected chi connectivity index (χ0v) is 11.9. The molecule has 1 aromatic carbocycles. The lowest BCUT2D eigenvalue weighted by molar-refractivity contribution is 0.453. The zero-order chi connectivity index (χ0) is 14.2. The molecule has 0 bridgehead atoms. The Morgan fingerprint density at radius 2 is 1.80 bits per heavy atom. The second-order valence-corrected chi connectivity index (χ2v) is 5.80. The molecule has 0 saturated heterocycles. The lowest BCUT2D eigenvalue weighted by atomic mass is 9.79. The van der Waals surface area contributed by atoms with Crippen LogP contribution in [0.4, 0.5) is 0 Å². The van der Waals surface area contributed by atoms with E-state index in [1.54, 1.807) is 28.6 Å². The normalized spacial score (nSPS) is 17.5. The van der Waals surface area contributed by atoms with E-state index in [2.05, 4.69) is 12.1 Å². The van der Waals surface area contributed by atoms with Crippen molar-refractivity contribution < 1.29 is 0 Å². The number of benzene rings is 1. The van der Waals surface area contributed by atoms with Gasteiger partial charge in [0.15, 0.2) is 0 Å². The second-order valence-electron chi connectivity index (χ2n) is 5.80. The van der Waals surface area contributed by atoms with Crippen molar-refractivity contribution in [2.45, 2.75) is 31.1 Å². The predicted octanol–water partition coefficient (Wildman–Crippen LogP) is 1.95. The van der Waals surface area contributed by atoms with Crippen LogP contribution in [0.5, 0.6) is 0 Å². The number of imidazole rings is 1. The fourth-order valence-electron chi connectivity index (χ4n) is 3.30. The molecule has 0 radical (unpaired) electrons. The maximum absolute atomic E-state index is 11.9. The van der Waals surface area contributed by atoms with Crippen LogP contribution in [0.15, 0.2) is 41.5 Å². The standard InChI is InChI=1S/C16H21N3O/c1-18-10-11-19(15(18)20)14-6-4-13(5-7-14)16(12-17)8-2-3-9-16/h4-7,10-11H,2-3,8-9,12,17H2,1H3. The summed E-state index contributed by atoms with van der Waals surface area (Å²) in [6, 6.07) is 8.30. The molecule has 0 amide bonds. The van der Waals surface area contributed by atoms with E-state index in [0.29, 0.717) is 6.54 Å². The number of hydrogen-bond donors (Lipinski definition) is 1. The summed E-state index contributed by atoms with van der Waals surface area (Å²) in [6.07, 6.45) is 8.44. The number of aryl methyl sites for hydroxylation is 1. The van der Waals surface area contributed by atoms with E-state index in [-0.39, 0.29) is 11.1 Å². The van der Waals surface area contributed by atoms with E-state index in [0.717, 1.165) is 5.69 Å². The third-order valence-electron chi connectivity index (χ3n) is 4.66. The molecular weight excluding hydrogens is 250 g/mol. The van der Waals surface area contributed by atoms with E-state index in [9.17, 15) is 4.79 Å². The number of nitrogens with two attached hydrogens (primary N) is 1. The Bertz CT molecular complexity index is 645. The molecule has 2 N–H and O–H groups in total. The van der Waals surface area contributed by atoms with Crippen LogP contribution in [0.2, 0.25) is 0 Å². The number of rotatable bonds is 3. The average Bonchev–Trinajstić information content (AvgIpc) is 3.09. The van der Waals surface area contributed by atoms with Gasteiger partial charge in [0.25, 0.3) is 0 Å². The number of hydrogen-bond acceptors (Lipinski definition) is 2. The van der Waals surface area contributed by atoms with Gasteiger partial charge in [0.05, 0.1) is 5.69 Å². The smallest absolute Gasteiger partial charge is 0.330 e. The first kappa shape index (κ1) is 13.2. The predicted molar refractivity (Wildman–Crippen MR) is 80.2 cm³/mol. The molecule has 1 aromatic heterocycles. The van der Waals surface area contributed by atoms with Gasteiger partial charge < -0.3 is 10.3 Å². The number of nitrogens with zero attached hydrogens (tertiary/aromatic N) is 2. The fraction of sp³-hybridized carbons (Fsp3) is 0.438. The Morgan fingerprint density at radius 3 is 2.30 bits per heavy atom. The van der Waals surface area contributed by atoms with Crippen molar-refractivity contribution in [1.29, 1.82) is 0 Å². The minimum Gasteiger partial charge on any atom is -0.330 e. The third kappa shape index (κ3) is 2.00. The molecule has 1 saturated carbocycles. The van der Waals surface area contributed by atoms with E-state index in [1.807, 2.05) is 12.1 Å². The number of aromatic nitrogens is 2. The summed E-state index contributed by atoms with van der Waals surface area (Å²) in [5, 5.41) is 0. The van der Waals surface area contributed by atoms with Gasteiger partial charge in [0.2, 0.25) is 0 Å². The molecule has 0 unspecified atom stereocenters. The topological polar surface area (TPSA) is 52.9 Å². The van der Waals surface area contributed by atoms with E-state index < -0.39 is 0 Å². The quantitative estimate of drug-likeness (QED) is 0.927. The van der Waals surface area contributed by atoms with Crippen molar-refractivity contribution in [3.63, 3.8) is 0 Å². The monoisotopic (exact) mass is 271 g/mol. The summed E-state index contributed by atoms with van der Waals surface area (Å²) in [7, 11) is 1.76. The molecule has 20 heavy (non-hydrogen) atoms. The summed E-state index contributed by atoms with van der Waals surface area (Å²) in [6.45, 7) is 0.706. The lowest BCUT2D eigenvalue weighted by Crippen LogP contribution is -2.32. The van der Waals surface area contributed by atoms with Crippen LogP contribution in [0.25, 0.3) is 5.69 Å². The van der Waals surface area contributed by atoms with Gasteiger partial charge in [-0.05, 0) is 30.5 Å². The van der Waals surface area contributed by atoms with Crippen molar-refractivity contribution in [2.24, 2.45) is 12.8 Å². The van der Waals surface area contributed by atoms with Gasteiger partial charge in [0, 0.05) is 31.4 Å². The molecule has 1 aliphatic carbocycles. The summed E-state index contributed by atoms with van der Waals surface area (Å²) in [5.41, 5.74) is 8.37. The van der Waals surface area contributed by atoms with Crippen LogP contribution >= 0.6 is 0 Å². The fourth-order valence-corrected chi connectivity index (χ4v) is 3.30. The molecule has 2 aromatic rings. The van der Waals surface area contributed by atoms with Crippen LogP contribution in [-0.2, 0) is 12.5 Å². The van der Waals surface area contributed by atoms with Crippen LogP contribution in [0.3, 0.4) is 0 Å². The maximum atomic E-state index is 11.9. The molecule has 0 spiro atoms. The van der Waals surface area contributed by atoms with Crippen molar-refractivity contribution in [1.82, 2.24) is 9.13 Å². The van der Waals surface area contributed by atoms with Crippen LogP contribution in [0.1, 0.15) is 31.2 Å². The molecule has 0 atom stereocenters. The molecule has 4 nitrogen and oxygen atoms in total. The van der Waals surface area contributed by atoms with Gasteiger partial charge in [-0.15, -0.1) is 0 Å². The van der Waals surface area contributed by atoms with Gasteiger partial charge in [-0.3, -0.25) is 4.57 Å². The van der Waals surface area contributed by atoms with Crippen molar-refractivity contribution in [3.05, 3.63) is 52.7 Å². The zero-order valence-electron chi connectivity index (χ0n) is 11.9. The molecule has 0 aliphatic heterocycles. The lowest BCUT2D eigenvalue weighted by Gasteiger charge is -2.28. The van der Waals surface area contributed by atoms with Gasteiger partial charge in [0.1, 0.15) is 0 Å². The Morgan fingerprint density at radius 1 is 1.15 bits per heavy atom. The highest BCUT2D eigenvalue weighted by atomic mass is 16.1. The van der Waals surface area contributed by atoms with Crippen LogP contribution in [0, 0.1) is 0 Å². The molecule has 4 heteroatoms. The first-order valence-electron chi connectivity index (χ1n) is 7.21. The first-order valence-corrected chi connectivity index (χ1v) is 7.21. The van der Waals surface area contributed by atoms with Gasteiger partial charge in [-0.25, -0.2) is 4.79 Å². The Labute approximate surface area is 118 Å². The minimum atomic E-state index is -0.0212. The Balaban J connectivity index is 1.95. The van der Waals surface area contributed by atoms with Crippen molar-refractivity contribution in [3.8, 4) is 5.69 Å². The highest BCUT2D eigenvalue weighted by molar-refractivity contribution is 5.38. The summed E-state index contributed by atoms with van der Waals surface area (Å²) >= 11 is 0. The SMILES string of the molecule is Cn1ccn(-c2ccc(C3(CN)CCCC3)cc2)c1=O. The van der Waals surface area contributed by atoms with E-state index >= 15 is 0 Å². The van der Waals surface area contributed by atoms with Crippen LogP contribution < -0.4 is 11.4 Å². The minimum absolute atomic E-state index is 0.0212. The second kappa shape index (κ2) is 4.94. The summed E-state index contributed by atoms with van der Waals surface area (Å²) in [4.78, 5) is 11.9.